The van der Waals surface area contributed by atoms with Crippen molar-refractivity contribution in [3.63, 3.8) is 0 Å². The molecule has 18 heavy (non-hydrogen) atoms. The normalized spacial score (nSPS) is 21.1. The molecule has 1 heterocycles. The van der Waals surface area contributed by atoms with Gasteiger partial charge >= 0.3 is 0 Å². The SMILES string of the molecule is CNCCC1CCCCN1Cc1cccc(C)c1. The molecule has 1 aliphatic heterocycles. The average Bonchev–Trinajstić information content (AvgIpc) is 2.38. The molecule has 0 spiro atoms. The van der Waals surface area contributed by atoms with E-state index in [4.69, 9.17) is 0 Å². The van der Waals surface area contributed by atoms with Gasteiger partial charge in [0.1, 0.15) is 0 Å². The van der Waals surface area contributed by atoms with Crippen molar-refractivity contribution in [2.24, 2.45) is 0 Å². The lowest BCUT2D eigenvalue weighted by atomic mass is 9.98. The van der Waals surface area contributed by atoms with Crippen LogP contribution in [0, 0.1) is 6.92 Å². The summed E-state index contributed by atoms with van der Waals surface area (Å²) in [4.78, 5) is 2.68. The minimum absolute atomic E-state index is 0.770. The van der Waals surface area contributed by atoms with Crippen LogP contribution >= 0.6 is 0 Å². The second-order valence-electron chi connectivity index (χ2n) is 5.50. The van der Waals surface area contributed by atoms with E-state index in [0.717, 1.165) is 19.1 Å². The molecule has 0 amide bonds. The predicted octanol–water partition coefficient (Wildman–Crippen LogP) is 2.96. The Morgan fingerprint density at radius 1 is 1.33 bits per heavy atom. The number of likely N-dealkylation sites (tertiary alicyclic amines) is 1. The fourth-order valence-electron chi connectivity index (χ4n) is 2.95. The number of hydrogen-bond donors (Lipinski definition) is 1. The summed E-state index contributed by atoms with van der Waals surface area (Å²) in [6.45, 7) is 5.70. The van der Waals surface area contributed by atoms with E-state index >= 15 is 0 Å². The molecular weight excluding hydrogens is 220 g/mol. The van der Waals surface area contributed by atoms with Crippen molar-refractivity contribution < 1.29 is 0 Å². The maximum absolute atomic E-state index is 3.28. The third-order valence-corrected chi connectivity index (χ3v) is 3.94. The van der Waals surface area contributed by atoms with E-state index < -0.39 is 0 Å². The molecule has 2 heteroatoms. The van der Waals surface area contributed by atoms with Crippen molar-refractivity contribution in [2.45, 2.75) is 45.2 Å². The highest BCUT2D eigenvalue weighted by atomic mass is 15.2. The number of hydrogen-bond acceptors (Lipinski definition) is 2. The van der Waals surface area contributed by atoms with Crippen LogP contribution in [0.3, 0.4) is 0 Å². The first-order valence-electron chi connectivity index (χ1n) is 7.24. The van der Waals surface area contributed by atoms with Crippen LogP contribution in [0.25, 0.3) is 0 Å². The van der Waals surface area contributed by atoms with E-state index in [1.165, 1.54) is 43.4 Å². The summed E-state index contributed by atoms with van der Waals surface area (Å²) in [5.74, 6) is 0. The Kier molecular flexibility index (Phi) is 5.21. The van der Waals surface area contributed by atoms with Crippen LogP contribution < -0.4 is 5.32 Å². The molecule has 1 aliphatic rings. The quantitative estimate of drug-likeness (QED) is 0.859. The topological polar surface area (TPSA) is 15.3 Å². The molecular formula is C16H26N2. The van der Waals surface area contributed by atoms with Crippen LogP contribution in [0.2, 0.25) is 0 Å². The molecule has 1 aromatic carbocycles. The van der Waals surface area contributed by atoms with Gasteiger partial charge in [-0.1, -0.05) is 36.2 Å². The van der Waals surface area contributed by atoms with Gasteiger partial charge in [-0.3, -0.25) is 4.90 Å². The summed E-state index contributed by atoms with van der Waals surface area (Å²) in [5.41, 5.74) is 2.84. The zero-order chi connectivity index (χ0) is 12.8. The molecule has 2 nitrogen and oxygen atoms in total. The average molecular weight is 246 g/mol. The minimum atomic E-state index is 0.770. The van der Waals surface area contributed by atoms with Crippen molar-refractivity contribution in [1.82, 2.24) is 10.2 Å². The van der Waals surface area contributed by atoms with Crippen LogP contribution in [-0.4, -0.2) is 31.1 Å². The Morgan fingerprint density at radius 3 is 3.00 bits per heavy atom. The maximum atomic E-state index is 3.28. The van der Waals surface area contributed by atoms with E-state index in [1.807, 2.05) is 7.05 Å². The van der Waals surface area contributed by atoms with Gasteiger partial charge in [-0.05, 0) is 51.9 Å². The van der Waals surface area contributed by atoms with Gasteiger partial charge in [0.05, 0.1) is 0 Å². The van der Waals surface area contributed by atoms with Crippen LogP contribution in [0.5, 0.6) is 0 Å². The highest BCUT2D eigenvalue weighted by molar-refractivity contribution is 5.22. The first kappa shape index (κ1) is 13.6. The number of nitrogens with zero attached hydrogens (tertiary/aromatic N) is 1. The molecule has 1 N–H and O–H groups in total. The van der Waals surface area contributed by atoms with Gasteiger partial charge in [0.25, 0.3) is 0 Å². The standard InChI is InChI=1S/C16H26N2/c1-14-6-5-7-15(12-14)13-18-11-4-3-8-16(18)9-10-17-2/h5-7,12,16-17H,3-4,8-11,13H2,1-2H3. The smallest absolute Gasteiger partial charge is 0.0236 e. The van der Waals surface area contributed by atoms with E-state index in [9.17, 15) is 0 Å². The molecule has 1 unspecified atom stereocenters. The molecule has 0 aliphatic carbocycles. The maximum Gasteiger partial charge on any atom is 0.0236 e. The number of rotatable bonds is 5. The highest BCUT2D eigenvalue weighted by Crippen LogP contribution is 2.21. The Balaban J connectivity index is 1.96. The monoisotopic (exact) mass is 246 g/mol. The molecule has 100 valence electrons. The molecule has 0 aromatic heterocycles. The summed E-state index contributed by atoms with van der Waals surface area (Å²) in [7, 11) is 2.05. The van der Waals surface area contributed by atoms with Gasteiger partial charge < -0.3 is 5.32 Å². The zero-order valence-electron chi connectivity index (χ0n) is 11.8. The highest BCUT2D eigenvalue weighted by Gasteiger charge is 2.21. The molecule has 2 rings (SSSR count). The summed E-state index contributed by atoms with van der Waals surface area (Å²) in [6.07, 6.45) is 5.41. The Labute approximate surface area is 111 Å². The van der Waals surface area contributed by atoms with Crippen LogP contribution in [0.4, 0.5) is 0 Å². The summed E-state index contributed by atoms with van der Waals surface area (Å²) < 4.78 is 0. The fourth-order valence-corrected chi connectivity index (χ4v) is 2.95. The fraction of sp³-hybridized carbons (Fsp3) is 0.625. The molecule has 0 saturated carbocycles. The van der Waals surface area contributed by atoms with Gasteiger partial charge in [0.15, 0.2) is 0 Å². The van der Waals surface area contributed by atoms with E-state index in [2.05, 4.69) is 41.4 Å². The number of piperidine rings is 1. The second kappa shape index (κ2) is 6.91. The third kappa shape index (κ3) is 3.82. The summed E-state index contributed by atoms with van der Waals surface area (Å²) in [5, 5.41) is 3.28. The van der Waals surface area contributed by atoms with Crippen molar-refractivity contribution in [2.75, 3.05) is 20.1 Å². The van der Waals surface area contributed by atoms with E-state index in [-0.39, 0.29) is 0 Å². The molecule has 0 bridgehead atoms. The van der Waals surface area contributed by atoms with Crippen LogP contribution in [0.15, 0.2) is 24.3 Å². The third-order valence-electron chi connectivity index (χ3n) is 3.94. The predicted molar refractivity (Wildman–Crippen MR) is 77.8 cm³/mol. The van der Waals surface area contributed by atoms with Crippen molar-refractivity contribution in [3.05, 3.63) is 35.4 Å². The van der Waals surface area contributed by atoms with Gasteiger partial charge in [-0.15, -0.1) is 0 Å². The number of benzene rings is 1. The zero-order valence-corrected chi connectivity index (χ0v) is 11.8. The van der Waals surface area contributed by atoms with Gasteiger partial charge in [-0.2, -0.15) is 0 Å². The van der Waals surface area contributed by atoms with Gasteiger partial charge in [0, 0.05) is 12.6 Å². The number of nitrogens with one attached hydrogen (secondary N) is 1. The largest absolute Gasteiger partial charge is 0.320 e. The Bertz CT molecular complexity index is 362. The number of aryl methyl sites for hydroxylation is 1. The lowest BCUT2D eigenvalue weighted by Crippen LogP contribution is -2.40. The van der Waals surface area contributed by atoms with E-state index in [1.54, 1.807) is 0 Å². The molecule has 1 atom stereocenters. The van der Waals surface area contributed by atoms with Crippen molar-refractivity contribution in [3.8, 4) is 0 Å². The summed E-state index contributed by atoms with van der Waals surface area (Å²) >= 11 is 0. The molecule has 1 saturated heterocycles. The second-order valence-corrected chi connectivity index (χ2v) is 5.50. The lowest BCUT2D eigenvalue weighted by Gasteiger charge is -2.36. The minimum Gasteiger partial charge on any atom is -0.320 e. The molecule has 1 fully saturated rings. The lowest BCUT2D eigenvalue weighted by molar-refractivity contribution is 0.132. The van der Waals surface area contributed by atoms with Crippen molar-refractivity contribution in [1.29, 1.82) is 0 Å². The van der Waals surface area contributed by atoms with Gasteiger partial charge in [-0.25, -0.2) is 0 Å². The van der Waals surface area contributed by atoms with E-state index in [0.29, 0.717) is 0 Å². The Hall–Kier alpha value is -0.860. The van der Waals surface area contributed by atoms with Crippen LogP contribution in [-0.2, 0) is 6.54 Å². The van der Waals surface area contributed by atoms with Crippen LogP contribution in [0.1, 0.15) is 36.8 Å². The van der Waals surface area contributed by atoms with Gasteiger partial charge in [0.2, 0.25) is 0 Å². The first-order chi connectivity index (χ1) is 8.79. The molecule has 0 radical (unpaired) electrons. The Morgan fingerprint density at radius 2 is 2.22 bits per heavy atom. The molecule has 1 aromatic rings. The first-order valence-corrected chi connectivity index (χ1v) is 7.24. The summed E-state index contributed by atoms with van der Waals surface area (Å²) in [6, 6.07) is 9.71. The van der Waals surface area contributed by atoms with Crippen molar-refractivity contribution >= 4 is 0 Å².